The van der Waals surface area contributed by atoms with E-state index in [1.54, 1.807) is 4.90 Å². The number of benzene rings is 3. The van der Waals surface area contributed by atoms with Crippen LogP contribution in [-0.2, 0) is 14.3 Å². The first-order valence-corrected chi connectivity index (χ1v) is 13.2. The van der Waals surface area contributed by atoms with Crippen molar-refractivity contribution in [2.45, 2.75) is 32.0 Å². The number of nitrogens with one attached hydrogen (secondary N) is 1. The van der Waals surface area contributed by atoms with Gasteiger partial charge >= 0.3 is 5.97 Å². The van der Waals surface area contributed by atoms with Gasteiger partial charge in [0.05, 0.1) is 17.3 Å². The standard InChI is InChI=1S/C30H32ClN3O5/c1-20-16-33(28(36)19-39-18-27(35)32-26-14-13-24(31)15-25(26)30(37)38)17-21(2)34(20)29(22-9-5-3-6-10-22)23-11-7-4-8-12-23/h3-15,20-21,29H,16-19H2,1-2H3,(H,32,35)(H,37,38)/t20-,21?/m0/s1. The fraction of sp³-hybridized carbons (Fsp3) is 0.300. The molecule has 3 aromatic rings. The van der Waals surface area contributed by atoms with E-state index in [1.807, 2.05) is 36.4 Å². The number of amides is 2. The van der Waals surface area contributed by atoms with Crippen molar-refractivity contribution in [1.82, 2.24) is 9.80 Å². The molecule has 8 nitrogen and oxygen atoms in total. The Morgan fingerprint density at radius 2 is 1.49 bits per heavy atom. The van der Waals surface area contributed by atoms with Gasteiger partial charge in [0.25, 0.3) is 0 Å². The predicted octanol–water partition coefficient (Wildman–Crippen LogP) is 4.70. The van der Waals surface area contributed by atoms with E-state index >= 15 is 0 Å². The number of carbonyl (C=O) groups is 3. The minimum absolute atomic E-state index is 0.0539. The van der Waals surface area contributed by atoms with Gasteiger partial charge in [-0.3, -0.25) is 14.5 Å². The van der Waals surface area contributed by atoms with Gasteiger partial charge in [-0.1, -0.05) is 72.3 Å². The van der Waals surface area contributed by atoms with E-state index in [4.69, 9.17) is 16.3 Å². The second kappa shape index (κ2) is 12.9. The molecule has 1 heterocycles. The average Bonchev–Trinajstić information content (AvgIpc) is 2.92. The van der Waals surface area contributed by atoms with Crippen LogP contribution in [0.4, 0.5) is 5.69 Å². The normalized spacial score (nSPS) is 17.7. The largest absolute Gasteiger partial charge is 0.478 e. The van der Waals surface area contributed by atoms with Gasteiger partial charge in [-0.15, -0.1) is 0 Å². The van der Waals surface area contributed by atoms with Crippen LogP contribution in [0.3, 0.4) is 0 Å². The zero-order valence-corrected chi connectivity index (χ0v) is 22.7. The first-order valence-electron chi connectivity index (χ1n) is 12.8. The van der Waals surface area contributed by atoms with E-state index in [-0.39, 0.29) is 53.5 Å². The summed E-state index contributed by atoms with van der Waals surface area (Å²) in [5.41, 5.74) is 2.38. The molecule has 2 atom stereocenters. The number of carbonyl (C=O) groups excluding carboxylic acids is 2. The number of carboxylic acid groups (broad SMARTS) is 1. The van der Waals surface area contributed by atoms with Gasteiger partial charge in [0.2, 0.25) is 11.8 Å². The topological polar surface area (TPSA) is 99.2 Å². The number of aromatic carboxylic acids is 1. The fourth-order valence-electron chi connectivity index (χ4n) is 5.17. The highest BCUT2D eigenvalue weighted by Crippen LogP contribution is 2.34. The van der Waals surface area contributed by atoms with Crippen molar-refractivity contribution < 1.29 is 24.2 Å². The molecule has 2 N–H and O–H groups in total. The van der Waals surface area contributed by atoms with Gasteiger partial charge in [0.15, 0.2) is 0 Å². The van der Waals surface area contributed by atoms with E-state index in [2.05, 4.69) is 48.3 Å². The van der Waals surface area contributed by atoms with Crippen molar-refractivity contribution in [3.05, 3.63) is 101 Å². The van der Waals surface area contributed by atoms with Crippen molar-refractivity contribution in [2.75, 3.05) is 31.6 Å². The van der Waals surface area contributed by atoms with E-state index in [0.717, 1.165) is 0 Å². The lowest BCUT2D eigenvalue weighted by Crippen LogP contribution is -2.59. The molecular formula is C30H32ClN3O5. The van der Waals surface area contributed by atoms with Crippen molar-refractivity contribution >= 4 is 35.1 Å². The van der Waals surface area contributed by atoms with Crippen molar-refractivity contribution in [1.29, 1.82) is 0 Å². The molecule has 0 spiro atoms. The Balaban J connectivity index is 1.35. The van der Waals surface area contributed by atoms with Crippen LogP contribution in [0.5, 0.6) is 0 Å². The molecule has 4 rings (SSSR count). The Labute approximate surface area is 233 Å². The average molecular weight is 550 g/mol. The summed E-state index contributed by atoms with van der Waals surface area (Å²) in [5, 5.41) is 12.1. The Hall–Kier alpha value is -3.72. The second-order valence-electron chi connectivity index (χ2n) is 9.70. The van der Waals surface area contributed by atoms with E-state index < -0.39 is 11.9 Å². The molecule has 9 heteroatoms. The quantitative estimate of drug-likeness (QED) is 0.401. The van der Waals surface area contributed by atoms with E-state index in [0.29, 0.717) is 13.1 Å². The van der Waals surface area contributed by atoms with Crippen LogP contribution in [-0.4, -0.2) is 71.1 Å². The molecule has 39 heavy (non-hydrogen) atoms. The van der Waals surface area contributed by atoms with Crippen LogP contribution < -0.4 is 5.32 Å². The number of halogens is 1. The van der Waals surface area contributed by atoms with Crippen LogP contribution in [0.15, 0.2) is 78.9 Å². The lowest BCUT2D eigenvalue weighted by molar-refractivity contribution is -0.142. The van der Waals surface area contributed by atoms with Gasteiger partial charge in [-0.25, -0.2) is 4.79 Å². The summed E-state index contributed by atoms with van der Waals surface area (Å²) in [4.78, 5) is 41.0. The van der Waals surface area contributed by atoms with Crippen molar-refractivity contribution in [3.8, 4) is 0 Å². The molecule has 1 fully saturated rings. The number of carboxylic acids is 1. The third-order valence-corrected chi connectivity index (χ3v) is 7.05. The molecule has 0 saturated carbocycles. The molecule has 204 valence electrons. The van der Waals surface area contributed by atoms with Crippen LogP contribution >= 0.6 is 11.6 Å². The highest BCUT2D eigenvalue weighted by molar-refractivity contribution is 6.31. The minimum Gasteiger partial charge on any atom is -0.478 e. The molecule has 1 unspecified atom stereocenters. The van der Waals surface area contributed by atoms with Crippen LogP contribution in [0.1, 0.15) is 41.4 Å². The Morgan fingerprint density at radius 3 is 2.03 bits per heavy atom. The van der Waals surface area contributed by atoms with Crippen LogP contribution in [0.25, 0.3) is 0 Å². The molecule has 0 bridgehead atoms. The minimum atomic E-state index is -1.21. The molecule has 1 aliphatic heterocycles. The lowest BCUT2D eigenvalue weighted by atomic mass is 9.92. The Bertz CT molecular complexity index is 1250. The summed E-state index contributed by atoms with van der Waals surface area (Å²) in [6, 6.07) is 25.1. The smallest absolute Gasteiger partial charge is 0.337 e. The highest BCUT2D eigenvalue weighted by Gasteiger charge is 2.37. The maximum absolute atomic E-state index is 13.0. The van der Waals surface area contributed by atoms with Gasteiger partial charge in [-0.2, -0.15) is 0 Å². The third-order valence-electron chi connectivity index (χ3n) is 6.81. The first kappa shape index (κ1) is 28.3. The molecular weight excluding hydrogens is 518 g/mol. The molecule has 0 aliphatic carbocycles. The van der Waals surface area contributed by atoms with Crippen molar-refractivity contribution in [2.24, 2.45) is 0 Å². The monoisotopic (exact) mass is 549 g/mol. The zero-order chi connectivity index (χ0) is 27.9. The zero-order valence-electron chi connectivity index (χ0n) is 21.9. The number of hydrogen-bond donors (Lipinski definition) is 2. The molecule has 1 saturated heterocycles. The molecule has 0 radical (unpaired) electrons. The Kier molecular flexibility index (Phi) is 9.35. The predicted molar refractivity (Wildman–Crippen MR) is 150 cm³/mol. The third kappa shape index (κ3) is 7.03. The second-order valence-corrected chi connectivity index (χ2v) is 10.1. The summed E-state index contributed by atoms with van der Waals surface area (Å²) in [7, 11) is 0. The summed E-state index contributed by atoms with van der Waals surface area (Å²) in [6.45, 7) is 4.66. The first-order chi connectivity index (χ1) is 18.7. The molecule has 2 amide bonds. The fourth-order valence-corrected chi connectivity index (χ4v) is 5.34. The number of hydrogen-bond acceptors (Lipinski definition) is 5. The highest BCUT2D eigenvalue weighted by atomic mass is 35.5. The van der Waals surface area contributed by atoms with Crippen LogP contribution in [0.2, 0.25) is 5.02 Å². The number of nitrogens with zero attached hydrogens (tertiary/aromatic N) is 2. The number of piperazine rings is 1. The maximum Gasteiger partial charge on any atom is 0.337 e. The van der Waals surface area contributed by atoms with Gasteiger partial charge in [0, 0.05) is 30.2 Å². The number of anilines is 1. The Morgan fingerprint density at radius 1 is 0.923 bits per heavy atom. The number of rotatable bonds is 9. The maximum atomic E-state index is 13.0. The summed E-state index contributed by atoms with van der Waals surface area (Å²) in [5.74, 6) is -1.98. The van der Waals surface area contributed by atoms with Crippen LogP contribution in [0, 0.1) is 0 Å². The summed E-state index contributed by atoms with van der Waals surface area (Å²) >= 11 is 5.85. The molecule has 0 aromatic heterocycles. The summed E-state index contributed by atoms with van der Waals surface area (Å²) < 4.78 is 5.40. The summed E-state index contributed by atoms with van der Waals surface area (Å²) in [6.07, 6.45) is 0. The van der Waals surface area contributed by atoms with Gasteiger partial charge < -0.3 is 20.1 Å². The lowest BCUT2D eigenvalue weighted by Gasteiger charge is -2.48. The SMILES string of the molecule is CC1CN(C(=O)COCC(=O)Nc2ccc(Cl)cc2C(=O)O)C[C@H](C)N1C(c1ccccc1)c1ccccc1. The van der Waals surface area contributed by atoms with Gasteiger partial charge in [-0.05, 0) is 43.2 Å². The molecule has 1 aliphatic rings. The molecule has 3 aromatic carbocycles. The van der Waals surface area contributed by atoms with Gasteiger partial charge in [0.1, 0.15) is 13.2 Å². The van der Waals surface area contributed by atoms with E-state index in [1.165, 1.54) is 29.3 Å². The van der Waals surface area contributed by atoms with E-state index in [9.17, 15) is 19.5 Å². The number of ether oxygens (including phenoxy) is 1. The van der Waals surface area contributed by atoms with Crippen molar-refractivity contribution in [3.63, 3.8) is 0 Å².